The van der Waals surface area contributed by atoms with Crippen molar-refractivity contribution in [1.29, 1.82) is 0 Å². The Balaban J connectivity index is 2.11. The Morgan fingerprint density at radius 3 is 2.54 bits per heavy atom. The van der Waals surface area contributed by atoms with Crippen molar-refractivity contribution in [3.05, 3.63) is 45.4 Å². The first-order chi connectivity index (χ1) is 11.4. The molecule has 128 valence electrons. The zero-order valence-corrected chi connectivity index (χ0v) is 16.3. The van der Waals surface area contributed by atoms with E-state index in [4.69, 9.17) is 0 Å². The predicted molar refractivity (Wildman–Crippen MR) is 100 cm³/mol. The molecule has 0 saturated carbocycles. The first-order valence-corrected chi connectivity index (χ1v) is 9.30. The summed E-state index contributed by atoms with van der Waals surface area (Å²) in [5.41, 5.74) is 0.566. The number of hydrogen-bond acceptors (Lipinski definition) is 4. The van der Waals surface area contributed by atoms with Gasteiger partial charge in [0.1, 0.15) is 6.54 Å². The summed E-state index contributed by atoms with van der Waals surface area (Å²) < 4.78 is 0.908. The van der Waals surface area contributed by atoms with Crippen LogP contribution in [0.1, 0.15) is 35.5 Å². The summed E-state index contributed by atoms with van der Waals surface area (Å²) in [5, 5.41) is 3.31. The molecule has 2 aromatic rings. The van der Waals surface area contributed by atoms with Gasteiger partial charge in [0, 0.05) is 27.2 Å². The van der Waals surface area contributed by atoms with Crippen molar-refractivity contribution in [2.24, 2.45) is 0 Å². The zero-order chi connectivity index (χ0) is 17.7. The first-order valence-electron chi connectivity index (χ1n) is 7.69. The predicted octanol–water partition coefficient (Wildman–Crippen LogP) is 4.09. The Morgan fingerprint density at radius 2 is 2.00 bits per heavy atom. The maximum absolute atomic E-state index is 12.8. The van der Waals surface area contributed by atoms with Gasteiger partial charge < -0.3 is 10.2 Å². The van der Waals surface area contributed by atoms with Crippen molar-refractivity contribution in [3.63, 3.8) is 0 Å². The molecule has 0 aliphatic rings. The second kappa shape index (κ2) is 8.39. The van der Waals surface area contributed by atoms with Gasteiger partial charge in [0.2, 0.25) is 5.91 Å². The fourth-order valence-corrected chi connectivity index (χ4v) is 3.08. The highest BCUT2D eigenvalue weighted by molar-refractivity contribution is 9.10. The molecule has 1 N–H and O–H groups in total. The van der Waals surface area contributed by atoms with Crippen LogP contribution in [0.15, 0.2) is 34.9 Å². The van der Waals surface area contributed by atoms with Gasteiger partial charge in [-0.25, -0.2) is 4.98 Å². The average molecular weight is 410 g/mol. The molecule has 0 aliphatic heterocycles. The van der Waals surface area contributed by atoms with E-state index in [0.717, 1.165) is 15.8 Å². The fraction of sp³-hybridized carbons (Fsp3) is 0.353. The maximum atomic E-state index is 12.8. The largest absolute Gasteiger partial charge is 0.327 e. The Morgan fingerprint density at radius 1 is 1.33 bits per heavy atom. The van der Waals surface area contributed by atoms with Crippen molar-refractivity contribution in [2.45, 2.75) is 33.2 Å². The molecule has 2 amide bonds. The second-order valence-electron chi connectivity index (χ2n) is 5.52. The molecule has 1 aromatic heterocycles. The lowest BCUT2D eigenvalue weighted by molar-refractivity contribution is -0.117. The lowest BCUT2D eigenvalue weighted by Crippen LogP contribution is -2.43. The normalized spacial score (nSPS) is 11.8. The molecule has 2 rings (SSSR count). The zero-order valence-electron chi connectivity index (χ0n) is 13.9. The third kappa shape index (κ3) is 4.88. The molecule has 1 unspecified atom stereocenters. The van der Waals surface area contributed by atoms with E-state index in [2.05, 4.69) is 26.2 Å². The molecule has 1 atom stereocenters. The van der Waals surface area contributed by atoms with E-state index >= 15 is 0 Å². The number of benzene rings is 1. The van der Waals surface area contributed by atoms with Crippen LogP contribution >= 0.6 is 27.3 Å². The van der Waals surface area contributed by atoms with Crippen LogP contribution in [-0.2, 0) is 4.79 Å². The van der Waals surface area contributed by atoms with E-state index in [1.807, 2.05) is 32.9 Å². The highest BCUT2D eigenvalue weighted by atomic mass is 79.9. The highest BCUT2D eigenvalue weighted by Gasteiger charge is 2.23. The van der Waals surface area contributed by atoms with Crippen molar-refractivity contribution in [3.8, 4) is 0 Å². The van der Waals surface area contributed by atoms with Crippen molar-refractivity contribution < 1.29 is 9.59 Å². The summed E-state index contributed by atoms with van der Waals surface area (Å²) in [7, 11) is 0. The number of carbonyl (C=O) groups excluding carboxylic acids is 2. The Bertz CT molecular complexity index is 715. The van der Waals surface area contributed by atoms with Gasteiger partial charge in [-0.3, -0.25) is 9.59 Å². The number of thiazole rings is 1. The number of aromatic nitrogens is 1. The number of nitrogens with one attached hydrogen (secondary N) is 1. The smallest absolute Gasteiger partial charge is 0.254 e. The van der Waals surface area contributed by atoms with Crippen LogP contribution in [0.25, 0.3) is 0 Å². The lowest BCUT2D eigenvalue weighted by atomic mass is 10.1. The number of amides is 2. The Hall–Kier alpha value is -1.73. The summed E-state index contributed by atoms with van der Waals surface area (Å²) in [6.45, 7) is 5.87. The molecule has 7 heteroatoms. The van der Waals surface area contributed by atoms with Gasteiger partial charge in [0.15, 0.2) is 5.13 Å². The molecule has 0 saturated heterocycles. The summed E-state index contributed by atoms with van der Waals surface area (Å²) in [5.74, 6) is -0.391. The molecule has 0 aliphatic carbocycles. The van der Waals surface area contributed by atoms with Crippen LogP contribution in [-0.4, -0.2) is 34.3 Å². The minimum absolute atomic E-state index is 0.00251. The van der Waals surface area contributed by atoms with Gasteiger partial charge in [0.25, 0.3) is 5.91 Å². The topological polar surface area (TPSA) is 62.3 Å². The molecule has 24 heavy (non-hydrogen) atoms. The molecule has 1 aromatic carbocycles. The molecular weight excluding hydrogens is 390 g/mol. The summed E-state index contributed by atoms with van der Waals surface area (Å²) in [6, 6.07) is 7.11. The van der Waals surface area contributed by atoms with E-state index in [1.165, 1.54) is 11.3 Å². The number of rotatable bonds is 6. The van der Waals surface area contributed by atoms with Gasteiger partial charge in [-0.2, -0.15) is 0 Å². The fourth-order valence-electron chi connectivity index (χ4n) is 2.13. The van der Waals surface area contributed by atoms with Crippen LogP contribution in [0.3, 0.4) is 0 Å². The summed E-state index contributed by atoms with van der Waals surface area (Å²) in [6.07, 6.45) is 2.48. The maximum Gasteiger partial charge on any atom is 0.254 e. The molecule has 0 spiro atoms. The van der Waals surface area contributed by atoms with E-state index in [0.29, 0.717) is 10.7 Å². The van der Waals surface area contributed by atoms with Crippen molar-refractivity contribution >= 4 is 44.2 Å². The van der Waals surface area contributed by atoms with E-state index < -0.39 is 0 Å². The average Bonchev–Trinajstić information content (AvgIpc) is 2.96. The lowest BCUT2D eigenvalue weighted by Gasteiger charge is -2.28. The first kappa shape index (κ1) is 18.6. The Kier molecular flexibility index (Phi) is 6.51. The molecule has 0 bridgehead atoms. The van der Waals surface area contributed by atoms with Crippen LogP contribution < -0.4 is 5.32 Å². The number of aryl methyl sites for hydroxylation is 1. The van der Waals surface area contributed by atoms with Crippen LogP contribution in [0.4, 0.5) is 5.13 Å². The van der Waals surface area contributed by atoms with Crippen molar-refractivity contribution in [1.82, 2.24) is 9.88 Å². The summed E-state index contributed by atoms with van der Waals surface area (Å²) in [4.78, 5) is 31.8. The molecule has 5 nitrogen and oxygen atoms in total. The number of nitrogens with zero attached hydrogens (tertiary/aromatic N) is 2. The Labute approximate surface area is 154 Å². The minimum Gasteiger partial charge on any atom is -0.327 e. The quantitative estimate of drug-likeness (QED) is 0.780. The number of hydrogen-bond donors (Lipinski definition) is 1. The van der Waals surface area contributed by atoms with E-state index in [9.17, 15) is 9.59 Å². The van der Waals surface area contributed by atoms with E-state index in [-0.39, 0.29) is 24.4 Å². The monoisotopic (exact) mass is 409 g/mol. The van der Waals surface area contributed by atoms with E-state index in [1.54, 1.807) is 23.2 Å². The number of anilines is 1. The van der Waals surface area contributed by atoms with Gasteiger partial charge in [-0.1, -0.05) is 22.9 Å². The molecule has 0 fully saturated rings. The standard InChI is InChI=1S/C17H20BrN3O2S/c1-4-11(2)21(16(23)13-5-7-14(18)8-6-13)10-15(22)20-17-19-9-12(3)24-17/h5-9,11H,4,10H2,1-3H3,(H,19,20,22). The highest BCUT2D eigenvalue weighted by Crippen LogP contribution is 2.18. The second-order valence-corrected chi connectivity index (χ2v) is 7.67. The summed E-state index contributed by atoms with van der Waals surface area (Å²) >= 11 is 4.77. The van der Waals surface area contributed by atoms with Gasteiger partial charge in [-0.15, -0.1) is 11.3 Å². The molecular formula is C17H20BrN3O2S. The van der Waals surface area contributed by atoms with Crippen LogP contribution in [0.2, 0.25) is 0 Å². The number of carbonyl (C=O) groups is 2. The molecule has 1 heterocycles. The third-order valence-corrected chi connectivity index (χ3v) is 5.01. The minimum atomic E-state index is -0.241. The number of halogens is 1. The van der Waals surface area contributed by atoms with Gasteiger partial charge in [0.05, 0.1) is 0 Å². The van der Waals surface area contributed by atoms with Crippen LogP contribution in [0, 0.1) is 6.92 Å². The van der Waals surface area contributed by atoms with Crippen LogP contribution in [0.5, 0.6) is 0 Å². The van der Waals surface area contributed by atoms with Crippen molar-refractivity contribution in [2.75, 3.05) is 11.9 Å². The van der Waals surface area contributed by atoms with Gasteiger partial charge in [-0.05, 0) is 44.5 Å². The van der Waals surface area contributed by atoms with Gasteiger partial charge >= 0.3 is 0 Å². The molecule has 0 radical (unpaired) electrons. The third-order valence-electron chi connectivity index (χ3n) is 3.66. The SMILES string of the molecule is CCC(C)N(CC(=O)Nc1ncc(C)s1)C(=O)c1ccc(Br)cc1.